The number of ether oxygens (including phenoxy) is 2. The molecule has 0 amide bonds. The van der Waals surface area contributed by atoms with E-state index in [1.807, 2.05) is 18.2 Å². The Morgan fingerprint density at radius 3 is 2.83 bits per heavy atom. The molecule has 5 nitrogen and oxygen atoms in total. The first-order chi connectivity index (χ1) is 11.2. The first-order valence-corrected chi connectivity index (χ1v) is 8.32. The number of benzene rings is 1. The van der Waals surface area contributed by atoms with Gasteiger partial charge in [-0.2, -0.15) is 5.26 Å². The average molecular weight is 338 g/mol. The van der Waals surface area contributed by atoms with E-state index in [0.717, 1.165) is 63.8 Å². The summed E-state index contributed by atoms with van der Waals surface area (Å²) >= 11 is 6.11. The molecule has 1 heterocycles. The van der Waals surface area contributed by atoms with Crippen LogP contribution in [0.2, 0.25) is 5.02 Å². The van der Waals surface area contributed by atoms with Crippen LogP contribution in [0.5, 0.6) is 5.75 Å². The van der Waals surface area contributed by atoms with Gasteiger partial charge in [0.2, 0.25) is 0 Å². The van der Waals surface area contributed by atoms with Gasteiger partial charge in [-0.05, 0) is 18.2 Å². The van der Waals surface area contributed by atoms with Gasteiger partial charge in [0.15, 0.2) is 0 Å². The third kappa shape index (κ3) is 6.00. The number of methoxy groups -OCH3 is 1. The summed E-state index contributed by atoms with van der Waals surface area (Å²) in [4.78, 5) is 4.69. The number of halogens is 1. The summed E-state index contributed by atoms with van der Waals surface area (Å²) in [6, 6.07) is 7.89. The highest BCUT2D eigenvalue weighted by Crippen LogP contribution is 2.24. The van der Waals surface area contributed by atoms with Crippen LogP contribution >= 0.6 is 11.6 Å². The molecule has 0 aromatic heterocycles. The summed E-state index contributed by atoms with van der Waals surface area (Å²) in [5, 5.41) is 9.60. The molecule has 0 N–H and O–H groups in total. The zero-order valence-electron chi connectivity index (χ0n) is 13.6. The van der Waals surface area contributed by atoms with Crippen LogP contribution in [-0.2, 0) is 11.3 Å². The normalized spacial score (nSPS) is 15.6. The Morgan fingerprint density at radius 2 is 2.13 bits per heavy atom. The predicted octanol–water partition coefficient (Wildman–Crippen LogP) is 2.40. The number of nitrogens with zero attached hydrogens (tertiary/aromatic N) is 3. The second-order valence-electron chi connectivity index (χ2n) is 5.59. The second-order valence-corrected chi connectivity index (χ2v) is 6.03. The molecule has 1 aromatic carbocycles. The molecule has 0 spiro atoms. The summed E-state index contributed by atoms with van der Waals surface area (Å²) in [6.07, 6.45) is 0.520. The van der Waals surface area contributed by atoms with Crippen LogP contribution in [0.25, 0.3) is 0 Å². The third-order valence-electron chi connectivity index (χ3n) is 4.01. The SMILES string of the molecule is COc1ccc(Cl)cc1CN(CCC#N)CCN1CCOCC1. The van der Waals surface area contributed by atoms with Gasteiger partial charge in [-0.1, -0.05) is 11.6 Å². The van der Waals surface area contributed by atoms with Crippen molar-refractivity contribution in [2.45, 2.75) is 13.0 Å². The fourth-order valence-electron chi connectivity index (χ4n) is 2.70. The van der Waals surface area contributed by atoms with E-state index >= 15 is 0 Å². The van der Waals surface area contributed by atoms with Gasteiger partial charge in [-0.15, -0.1) is 0 Å². The molecule has 126 valence electrons. The van der Waals surface area contributed by atoms with E-state index in [9.17, 15) is 0 Å². The first-order valence-electron chi connectivity index (χ1n) is 7.94. The Balaban J connectivity index is 1.97. The molecule has 2 rings (SSSR count). The van der Waals surface area contributed by atoms with Crippen LogP contribution in [0.3, 0.4) is 0 Å². The van der Waals surface area contributed by atoms with Gasteiger partial charge in [-0.3, -0.25) is 9.80 Å². The topological polar surface area (TPSA) is 48.7 Å². The van der Waals surface area contributed by atoms with Gasteiger partial charge in [0.1, 0.15) is 5.75 Å². The summed E-state index contributed by atoms with van der Waals surface area (Å²) in [5.41, 5.74) is 1.06. The summed E-state index contributed by atoms with van der Waals surface area (Å²) < 4.78 is 10.8. The Hall–Kier alpha value is -1.32. The Labute approximate surface area is 143 Å². The van der Waals surface area contributed by atoms with Crippen molar-refractivity contribution >= 4 is 11.6 Å². The lowest BCUT2D eigenvalue weighted by Gasteiger charge is -2.30. The molecule has 0 atom stereocenters. The molecule has 0 bridgehead atoms. The van der Waals surface area contributed by atoms with Crippen molar-refractivity contribution in [1.29, 1.82) is 5.26 Å². The molecule has 6 heteroatoms. The Morgan fingerprint density at radius 1 is 1.35 bits per heavy atom. The van der Waals surface area contributed by atoms with E-state index in [1.165, 1.54) is 0 Å². The average Bonchev–Trinajstić information content (AvgIpc) is 2.58. The molecule has 23 heavy (non-hydrogen) atoms. The maximum Gasteiger partial charge on any atom is 0.123 e. The first kappa shape index (κ1) is 18.0. The highest BCUT2D eigenvalue weighted by atomic mass is 35.5. The number of nitriles is 1. The van der Waals surface area contributed by atoms with E-state index in [1.54, 1.807) is 7.11 Å². The van der Waals surface area contributed by atoms with Crippen LogP contribution in [-0.4, -0.2) is 62.8 Å². The minimum Gasteiger partial charge on any atom is -0.496 e. The number of hydrogen-bond acceptors (Lipinski definition) is 5. The van der Waals surface area contributed by atoms with Gasteiger partial charge >= 0.3 is 0 Å². The standard InChI is InChI=1S/C17H24ClN3O2/c1-22-17-4-3-16(18)13-15(17)14-21(6-2-5-19)8-7-20-9-11-23-12-10-20/h3-4,13H,2,6-12,14H2,1H3. The van der Waals surface area contributed by atoms with Crippen molar-refractivity contribution in [2.24, 2.45) is 0 Å². The third-order valence-corrected chi connectivity index (χ3v) is 4.25. The van der Waals surface area contributed by atoms with Crippen molar-refractivity contribution in [3.8, 4) is 11.8 Å². The van der Waals surface area contributed by atoms with Crippen molar-refractivity contribution in [3.63, 3.8) is 0 Å². The number of rotatable bonds is 8. The molecule has 1 aromatic rings. The van der Waals surface area contributed by atoms with Crippen LogP contribution in [0.1, 0.15) is 12.0 Å². The number of morpholine rings is 1. The van der Waals surface area contributed by atoms with Gasteiger partial charge in [-0.25, -0.2) is 0 Å². The summed E-state index contributed by atoms with van der Waals surface area (Å²) in [5.74, 6) is 0.836. The van der Waals surface area contributed by atoms with Gasteiger partial charge in [0, 0.05) is 56.3 Å². The molecule has 0 saturated carbocycles. The molecule has 1 fully saturated rings. The monoisotopic (exact) mass is 337 g/mol. The molecular formula is C17H24ClN3O2. The lowest BCUT2D eigenvalue weighted by Crippen LogP contribution is -2.41. The van der Waals surface area contributed by atoms with E-state index in [-0.39, 0.29) is 0 Å². The maximum atomic E-state index is 8.89. The Kier molecular flexibility index (Phi) is 7.63. The molecule has 0 aliphatic carbocycles. The minimum absolute atomic E-state index is 0.520. The highest BCUT2D eigenvalue weighted by molar-refractivity contribution is 6.30. The fraction of sp³-hybridized carbons (Fsp3) is 0.588. The van der Waals surface area contributed by atoms with Crippen LogP contribution in [0, 0.1) is 11.3 Å². The van der Waals surface area contributed by atoms with E-state index in [2.05, 4.69) is 15.9 Å². The zero-order chi connectivity index (χ0) is 16.5. The van der Waals surface area contributed by atoms with E-state index < -0.39 is 0 Å². The smallest absolute Gasteiger partial charge is 0.123 e. The summed E-state index contributed by atoms with van der Waals surface area (Å²) in [7, 11) is 1.67. The zero-order valence-corrected chi connectivity index (χ0v) is 14.4. The van der Waals surface area contributed by atoms with Crippen molar-refractivity contribution in [2.75, 3.05) is 53.0 Å². The van der Waals surface area contributed by atoms with Crippen molar-refractivity contribution < 1.29 is 9.47 Å². The second kappa shape index (κ2) is 9.74. The molecule has 1 aliphatic rings. The molecular weight excluding hydrogens is 314 g/mol. The predicted molar refractivity (Wildman–Crippen MR) is 90.8 cm³/mol. The quantitative estimate of drug-likeness (QED) is 0.729. The summed E-state index contributed by atoms with van der Waals surface area (Å²) in [6.45, 7) is 6.95. The van der Waals surface area contributed by atoms with Crippen molar-refractivity contribution in [1.82, 2.24) is 9.80 Å². The minimum atomic E-state index is 0.520. The molecule has 0 unspecified atom stereocenters. The molecule has 1 saturated heterocycles. The van der Waals surface area contributed by atoms with Gasteiger partial charge < -0.3 is 9.47 Å². The van der Waals surface area contributed by atoms with Gasteiger partial charge in [0.05, 0.1) is 26.4 Å². The van der Waals surface area contributed by atoms with Crippen LogP contribution in [0.15, 0.2) is 18.2 Å². The maximum absolute atomic E-state index is 8.89. The fourth-order valence-corrected chi connectivity index (χ4v) is 2.89. The largest absolute Gasteiger partial charge is 0.496 e. The lowest BCUT2D eigenvalue weighted by molar-refractivity contribution is 0.0330. The van der Waals surface area contributed by atoms with Gasteiger partial charge in [0.25, 0.3) is 0 Å². The highest BCUT2D eigenvalue weighted by Gasteiger charge is 2.14. The Bertz CT molecular complexity index is 527. The molecule has 1 aliphatic heterocycles. The number of hydrogen-bond donors (Lipinski definition) is 0. The molecule has 0 radical (unpaired) electrons. The van der Waals surface area contributed by atoms with E-state index in [0.29, 0.717) is 11.4 Å². The lowest BCUT2D eigenvalue weighted by atomic mass is 10.1. The van der Waals surface area contributed by atoms with Crippen LogP contribution < -0.4 is 4.74 Å². The van der Waals surface area contributed by atoms with Crippen molar-refractivity contribution in [3.05, 3.63) is 28.8 Å². The van der Waals surface area contributed by atoms with Crippen LogP contribution in [0.4, 0.5) is 0 Å². The van der Waals surface area contributed by atoms with E-state index in [4.69, 9.17) is 26.3 Å².